The van der Waals surface area contributed by atoms with Gasteiger partial charge in [-0.05, 0) is 30.2 Å². The highest BCUT2D eigenvalue weighted by molar-refractivity contribution is 5.97. The van der Waals surface area contributed by atoms with Crippen molar-refractivity contribution in [1.29, 1.82) is 0 Å². The molecule has 112 valence electrons. The first-order valence-corrected chi connectivity index (χ1v) is 6.89. The zero-order valence-corrected chi connectivity index (χ0v) is 12.3. The molecule has 0 bridgehead atoms. The van der Waals surface area contributed by atoms with E-state index in [1.54, 1.807) is 26.0 Å². The summed E-state index contributed by atoms with van der Waals surface area (Å²) in [6.45, 7) is 2.14. The minimum Gasteiger partial charge on any atom is -0.493 e. The smallest absolute Gasteiger partial charge is 0.245 e. The average molecular weight is 290 g/mol. The Kier molecular flexibility index (Phi) is 3.23. The van der Waals surface area contributed by atoms with Gasteiger partial charge in [0.25, 0.3) is 0 Å². The summed E-state index contributed by atoms with van der Waals surface area (Å²) < 4.78 is 10.6. The maximum atomic E-state index is 12.2. The van der Waals surface area contributed by atoms with E-state index in [0.29, 0.717) is 24.5 Å². The van der Waals surface area contributed by atoms with Crippen molar-refractivity contribution in [3.63, 3.8) is 0 Å². The van der Waals surface area contributed by atoms with E-state index in [1.165, 1.54) is 0 Å². The van der Waals surface area contributed by atoms with Crippen molar-refractivity contribution >= 4 is 11.8 Å². The van der Waals surface area contributed by atoms with E-state index in [4.69, 9.17) is 9.47 Å². The lowest BCUT2D eigenvalue weighted by atomic mass is 9.90. The van der Waals surface area contributed by atoms with Gasteiger partial charge in [-0.15, -0.1) is 0 Å². The van der Waals surface area contributed by atoms with Crippen LogP contribution in [-0.4, -0.2) is 43.0 Å². The van der Waals surface area contributed by atoms with Crippen LogP contribution in [0.25, 0.3) is 0 Å². The number of carbonyl (C=O) groups excluding carboxylic acids is 2. The number of nitrogens with one attached hydrogen (secondary N) is 1. The highest BCUT2D eigenvalue weighted by Crippen LogP contribution is 2.35. The fourth-order valence-electron chi connectivity index (χ4n) is 3.00. The number of rotatable bonds is 2. The second kappa shape index (κ2) is 4.95. The highest BCUT2D eigenvalue weighted by atomic mass is 16.5. The normalized spacial score (nSPS) is 24.0. The van der Waals surface area contributed by atoms with Gasteiger partial charge in [0.2, 0.25) is 11.8 Å². The molecule has 2 heterocycles. The molecule has 1 aromatic rings. The first kappa shape index (κ1) is 13.7. The van der Waals surface area contributed by atoms with Crippen LogP contribution in [0.3, 0.4) is 0 Å². The first-order chi connectivity index (χ1) is 10.0. The molecule has 2 amide bonds. The molecule has 0 aliphatic carbocycles. The molecule has 2 aliphatic heterocycles. The third-order valence-corrected chi connectivity index (χ3v) is 4.15. The molecule has 0 radical (unpaired) electrons. The molecular weight excluding hydrogens is 272 g/mol. The molecule has 1 saturated heterocycles. The van der Waals surface area contributed by atoms with Crippen LogP contribution in [0, 0.1) is 0 Å². The van der Waals surface area contributed by atoms with Crippen LogP contribution in [0.4, 0.5) is 0 Å². The van der Waals surface area contributed by atoms with Gasteiger partial charge in [0.05, 0.1) is 14.2 Å². The molecule has 0 saturated carbocycles. The third-order valence-electron chi connectivity index (χ3n) is 4.15. The van der Waals surface area contributed by atoms with E-state index in [1.807, 2.05) is 12.1 Å². The zero-order chi connectivity index (χ0) is 15.1. The molecule has 3 rings (SSSR count). The maximum absolute atomic E-state index is 12.2. The Balaban J connectivity index is 2.01. The second-order valence-electron chi connectivity index (χ2n) is 5.39. The lowest BCUT2D eigenvalue weighted by Crippen LogP contribution is -2.63. The zero-order valence-electron chi connectivity index (χ0n) is 12.3. The van der Waals surface area contributed by atoms with Crippen molar-refractivity contribution in [2.75, 3.05) is 14.2 Å². The quantitative estimate of drug-likeness (QED) is 0.860. The number of carbonyl (C=O) groups is 2. The fourth-order valence-corrected chi connectivity index (χ4v) is 3.00. The topological polar surface area (TPSA) is 67.9 Å². The summed E-state index contributed by atoms with van der Waals surface area (Å²) in [7, 11) is 3.16. The van der Waals surface area contributed by atoms with E-state index in [2.05, 4.69) is 5.32 Å². The molecule has 0 spiro atoms. The monoisotopic (exact) mass is 290 g/mol. The molecule has 6 nitrogen and oxygen atoms in total. The Bertz CT molecular complexity index is 614. The van der Waals surface area contributed by atoms with E-state index in [-0.39, 0.29) is 11.8 Å². The third kappa shape index (κ3) is 2.11. The van der Waals surface area contributed by atoms with Crippen LogP contribution in [0.5, 0.6) is 11.5 Å². The van der Waals surface area contributed by atoms with Gasteiger partial charge in [0.15, 0.2) is 11.5 Å². The number of methoxy groups -OCH3 is 2. The van der Waals surface area contributed by atoms with Gasteiger partial charge in [-0.3, -0.25) is 9.59 Å². The van der Waals surface area contributed by atoms with E-state index in [0.717, 1.165) is 11.1 Å². The Hall–Kier alpha value is -2.24. The van der Waals surface area contributed by atoms with Crippen LogP contribution < -0.4 is 14.8 Å². The molecule has 1 fully saturated rings. The van der Waals surface area contributed by atoms with Gasteiger partial charge >= 0.3 is 0 Å². The highest BCUT2D eigenvalue weighted by Gasteiger charge is 2.41. The van der Waals surface area contributed by atoms with Crippen LogP contribution >= 0.6 is 0 Å². The minimum atomic E-state index is -0.463. The SMILES string of the molecule is COc1cc2c(cc1OC)CN1C(=O)C(C)NC(=O)C1C2. The Morgan fingerprint density at radius 1 is 1.14 bits per heavy atom. The predicted molar refractivity (Wildman–Crippen MR) is 75.2 cm³/mol. The number of piperazine rings is 1. The molecule has 1 aromatic carbocycles. The fraction of sp³-hybridized carbons (Fsp3) is 0.467. The number of benzene rings is 1. The Morgan fingerprint density at radius 2 is 1.76 bits per heavy atom. The van der Waals surface area contributed by atoms with Gasteiger partial charge in [0, 0.05) is 13.0 Å². The van der Waals surface area contributed by atoms with Gasteiger partial charge in [0.1, 0.15) is 12.1 Å². The van der Waals surface area contributed by atoms with Gasteiger partial charge in [-0.1, -0.05) is 0 Å². The number of nitrogens with zero attached hydrogens (tertiary/aromatic N) is 1. The van der Waals surface area contributed by atoms with Crippen LogP contribution in [0.1, 0.15) is 18.1 Å². The largest absolute Gasteiger partial charge is 0.493 e. The summed E-state index contributed by atoms with van der Waals surface area (Å²) in [4.78, 5) is 26.0. The summed E-state index contributed by atoms with van der Waals surface area (Å²) in [6.07, 6.45) is 0.500. The molecule has 2 aliphatic rings. The van der Waals surface area contributed by atoms with Crippen molar-refractivity contribution in [1.82, 2.24) is 10.2 Å². The molecule has 6 heteroatoms. The van der Waals surface area contributed by atoms with Gasteiger partial charge in [-0.2, -0.15) is 0 Å². The molecule has 21 heavy (non-hydrogen) atoms. The van der Waals surface area contributed by atoms with E-state index in [9.17, 15) is 9.59 Å². The first-order valence-electron chi connectivity index (χ1n) is 6.89. The van der Waals surface area contributed by atoms with Crippen molar-refractivity contribution in [3.05, 3.63) is 23.3 Å². The summed E-state index contributed by atoms with van der Waals surface area (Å²) in [6, 6.07) is 2.88. The van der Waals surface area contributed by atoms with E-state index >= 15 is 0 Å². The second-order valence-corrected chi connectivity index (χ2v) is 5.39. The maximum Gasteiger partial charge on any atom is 0.245 e. The number of hydrogen-bond acceptors (Lipinski definition) is 4. The Labute approximate surface area is 123 Å². The van der Waals surface area contributed by atoms with Crippen molar-refractivity contribution in [2.45, 2.75) is 32.0 Å². The molecule has 2 unspecified atom stereocenters. The minimum absolute atomic E-state index is 0.0416. The lowest BCUT2D eigenvalue weighted by molar-refractivity contribution is -0.150. The number of ether oxygens (including phenoxy) is 2. The van der Waals surface area contributed by atoms with Crippen LogP contribution in [0.15, 0.2) is 12.1 Å². The number of amides is 2. The summed E-state index contributed by atoms with van der Waals surface area (Å²) >= 11 is 0. The summed E-state index contributed by atoms with van der Waals surface area (Å²) in [5.74, 6) is 1.14. The Morgan fingerprint density at radius 3 is 2.38 bits per heavy atom. The molecule has 1 N–H and O–H groups in total. The van der Waals surface area contributed by atoms with Gasteiger partial charge in [-0.25, -0.2) is 0 Å². The summed E-state index contributed by atoms with van der Waals surface area (Å²) in [5.41, 5.74) is 2.02. The number of hydrogen-bond donors (Lipinski definition) is 1. The van der Waals surface area contributed by atoms with Crippen LogP contribution in [0.2, 0.25) is 0 Å². The standard InChI is InChI=1S/C15H18N2O4/c1-8-15(19)17-7-10-6-13(21-3)12(20-2)5-9(10)4-11(17)14(18)16-8/h5-6,8,11H,4,7H2,1-3H3,(H,16,18). The van der Waals surface area contributed by atoms with Crippen LogP contribution in [-0.2, 0) is 22.6 Å². The average Bonchev–Trinajstić information content (AvgIpc) is 2.49. The number of fused-ring (bicyclic) bond motifs is 2. The molecule has 2 atom stereocenters. The molecular formula is C15H18N2O4. The summed E-state index contributed by atoms with van der Waals surface area (Å²) in [5, 5.41) is 2.72. The molecule has 0 aromatic heterocycles. The van der Waals surface area contributed by atoms with Gasteiger partial charge < -0.3 is 19.7 Å². The lowest BCUT2D eigenvalue weighted by Gasteiger charge is -2.41. The van der Waals surface area contributed by atoms with E-state index < -0.39 is 12.1 Å². The van der Waals surface area contributed by atoms with Crippen molar-refractivity contribution in [2.24, 2.45) is 0 Å². The van der Waals surface area contributed by atoms with Crippen molar-refractivity contribution in [3.8, 4) is 11.5 Å². The predicted octanol–water partition coefficient (Wildman–Crippen LogP) is 0.475. The van der Waals surface area contributed by atoms with Crippen molar-refractivity contribution < 1.29 is 19.1 Å².